The molecule has 0 aliphatic rings. The van der Waals surface area contributed by atoms with Gasteiger partial charge in [0.15, 0.2) is 0 Å². The molecular weight excluding hydrogens is 220 g/mol. The van der Waals surface area contributed by atoms with Gasteiger partial charge in [0.1, 0.15) is 5.71 Å². The van der Waals surface area contributed by atoms with Crippen molar-refractivity contribution in [3.05, 3.63) is 35.9 Å². The minimum atomic E-state index is -0.673. The Hall–Kier alpha value is -2.17. The first-order chi connectivity index (χ1) is 8.15. The van der Waals surface area contributed by atoms with Gasteiger partial charge in [0.25, 0.3) is 0 Å². The van der Waals surface area contributed by atoms with Gasteiger partial charge in [-0.15, -0.1) is 0 Å². The second-order valence-corrected chi connectivity index (χ2v) is 3.22. The molecule has 0 spiro atoms. The molecule has 5 heteroatoms. The van der Waals surface area contributed by atoms with Gasteiger partial charge in [-0.2, -0.15) is 5.10 Å². The summed E-state index contributed by atoms with van der Waals surface area (Å²) in [7, 11) is 0. The fourth-order valence-corrected chi connectivity index (χ4v) is 1.14. The Balaban J connectivity index is 2.64. The topological polar surface area (TPSA) is 67.8 Å². The predicted octanol–water partition coefficient (Wildman–Crippen LogP) is 1.99. The highest BCUT2D eigenvalue weighted by Crippen LogP contribution is 2.01. The molecule has 17 heavy (non-hydrogen) atoms. The maximum absolute atomic E-state index is 11.8. The molecule has 1 N–H and O–H groups in total. The van der Waals surface area contributed by atoms with Gasteiger partial charge in [0.2, 0.25) is 5.78 Å². The van der Waals surface area contributed by atoms with Crippen LogP contribution in [0.1, 0.15) is 24.2 Å². The summed E-state index contributed by atoms with van der Waals surface area (Å²) in [6, 6.07) is 8.72. The van der Waals surface area contributed by atoms with Crippen LogP contribution in [-0.2, 0) is 4.74 Å². The summed E-state index contributed by atoms with van der Waals surface area (Å²) in [6.45, 7) is 3.47. The first kappa shape index (κ1) is 12.9. The van der Waals surface area contributed by atoms with Crippen LogP contribution in [0.4, 0.5) is 4.79 Å². The number of nitrogens with zero attached hydrogens (tertiary/aromatic N) is 1. The summed E-state index contributed by atoms with van der Waals surface area (Å²) in [6.07, 6.45) is -0.673. The van der Waals surface area contributed by atoms with Crippen molar-refractivity contribution in [1.82, 2.24) is 5.43 Å². The van der Waals surface area contributed by atoms with Crippen LogP contribution in [0.25, 0.3) is 0 Å². The molecule has 1 amide bonds. The van der Waals surface area contributed by atoms with E-state index >= 15 is 0 Å². The zero-order valence-corrected chi connectivity index (χ0v) is 9.77. The number of hydrogen-bond acceptors (Lipinski definition) is 4. The van der Waals surface area contributed by atoms with Gasteiger partial charge in [-0.05, 0) is 13.8 Å². The van der Waals surface area contributed by atoms with E-state index in [2.05, 4.69) is 15.3 Å². The van der Waals surface area contributed by atoms with Gasteiger partial charge in [-0.25, -0.2) is 10.2 Å². The van der Waals surface area contributed by atoms with Gasteiger partial charge in [0.05, 0.1) is 6.61 Å². The van der Waals surface area contributed by atoms with E-state index in [1.807, 2.05) is 6.07 Å². The zero-order chi connectivity index (χ0) is 12.7. The predicted molar refractivity (Wildman–Crippen MR) is 64.0 cm³/mol. The molecule has 1 aromatic rings. The third-order valence-electron chi connectivity index (χ3n) is 1.95. The summed E-state index contributed by atoms with van der Waals surface area (Å²) in [5, 5.41) is 3.66. The molecule has 0 atom stereocenters. The molecule has 90 valence electrons. The summed E-state index contributed by atoms with van der Waals surface area (Å²) >= 11 is 0. The van der Waals surface area contributed by atoms with Crippen LogP contribution in [0.5, 0.6) is 0 Å². The minimum Gasteiger partial charge on any atom is -0.449 e. The third-order valence-corrected chi connectivity index (χ3v) is 1.95. The van der Waals surface area contributed by atoms with Crippen LogP contribution in [0.2, 0.25) is 0 Å². The number of carbonyl (C=O) groups excluding carboxylic acids is 2. The first-order valence-corrected chi connectivity index (χ1v) is 5.22. The Kier molecular flexibility index (Phi) is 4.87. The Morgan fingerprint density at radius 1 is 1.29 bits per heavy atom. The quantitative estimate of drug-likeness (QED) is 0.492. The van der Waals surface area contributed by atoms with Gasteiger partial charge in [-0.1, -0.05) is 30.3 Å². The summed E-state index contributed by atoms with van der Waals surface area (Å²) in [5.74, 6) is -0.234. The van der Waals surface area contributed by atoms with Crippen LogP contribution < -0.4 is 5.43 Å². The Labute approximate surface area is 99.5 Å². The van der Waals surface area contributed by atoms with Crippen molar-refractivity contribution < 1.29 is 14.3 Å². The third kappa shape index (κ3) is 4.06. The number of hydrazone groups is 1. The molecule has 0 heterocycles. The monoisotopic (exact) mass is 234 g/mol. The van der Waals surface area contributed by atoms with Crippen molar-refractivity contribution in [1.29, 1.82) is 0 Å². The molecule has 0 unspecified atom stereocenters. The molecule has 0 fully saturated rings. The summed E-state index contributed by atoms with van der Waals surface area (Å²) < 4.78 is 4.61. The highest BCUT2D eigenvalue weighted by Gasteiger charge is 2.09. The van der Waals surface area contributed by atoms with Crippen molar-refractivity contribution >= 4 is 17.6 Å². The number of Topliss-reactive ketones (excluding diaryl/α,β-unsaturated/α-hetero) is 1. The lowest BCUT2D eigenvalue weighted by Gasteiger charge is -2.02. The van der Waals surface area contributed by atoms with Crippen LogP contribution in [-0.4, -0.2) is 24.2 Å². The fraction of sp³-hybridized carbons (Fsp3) is 0.250. The maximum Gasteiger partial charge on any atom is 0.427 e. The maximum atomic E-state index is 11.8. The molecule has 0 bridgehead atoms. The highest BCUT2D eigenvalue weighted by atomic mass is 16.5. The molecule has 5 nitrogen and oxygen atoms in total. The highest BCUT2D eigenvalue weighted by molar-refractivity contribution is 6.45. The largest absolute Gasteiger partial charge is 0.449 e. The Bertz CT molecular complexity index is 427. The Morgan fingerprint density at radius 2 is 1.94 bits per heavy atom. The van der Waals surface area contributed by atoms with Gasteiger partial charge < -0.3 is 4.74 Å². The molecule has 0 aliphatic carbocycles. The lowest BCUT2D eigenvalue weighted by Crippen LogP contribution is -2.22. The van der Waals surface area contributed by atoms with Crippen molar-refractivity contribution in [2.24, 2.45) is 5.10 Å². The summed E-state index contributed by atoms with van der Waals surface area (Å²) in [4.78, 5) is 22.7. The van der Waals surface area contributed by atoms with Crippen molar-refractivity contribution in [3.63, 3.8) is 0 Å². The number of amides is 1. The second-order valence-electron chi connectivity index (χ2n) is 3.22. The normalized spacial score (nSPS) is 10.8. The molecule has 0 radical (unpaired) electrons. The summed E-state index contributed by atoms with van der Waals surface area (Å²) in [5.41, 5.74) is 2.87. The van der Waals surface area contributed by atoms with E-state index in [1.54, 1.807) is 31.2 Å². The van der Waals surface area contributed by atoms with Gasteiger partial charge in [-0.3, -0.25) is 4.79 Å². The smallest absolute Gasteiger partial charge is 0.427 e. The lowest BCUT2D eigenvalue weighted by molar-refractivity contribution is 0.106. The average Bonchev–Trinajstić information content (AvgIpc) is 2.36. The number of nitrogens with one attached hydrogen (secondary N) is 1. The Morgan fingerprint density at radius 3 is 2.53 bits per heavy atom. The van der Waals surface area contributed by atoms with E-state index in [0.717, 1.165) is 0 Å². The fourth-order valence-electron chi connectivity index (χ4n) is 1.14. The number of ketones is 1. The molecular formula is C12H14N2O3. The van der Waals surface area contributed by atoms with Crippen LogP contribution in [0.15, 0.2) is 35.4 Å². The van der Waals surface area contributed by atoms with Crippen molar-refractivity contribution in [2.45, 2.75) is 13.8 Å². The number of benzene rings is 1. The van der Waals surface area contributed by atoms with Crippen LogP contribution in [0, 0.1) is 0 Å². The van der Waals surface area contributed by atoms with E-state index in [1.165, 1.54) is 6.92 Å². The number of hydrogen-bond donors (Lipinski definition) is 1. The number of carbonyl (C=O) groups is 2. The number of rotatable bonds is 4. The average molecular weight is 234 g/mol. The van der Waals surface area contributed by atoms with E-state index in [0.29, 0.717) is 5.56 Å². The van der Waals surface area contributed by atoms with E-state index in [-0.39, 0.29) is 18.1 Å². The van der Waals surface area contributed by atoms with Crippen molar-refractivity contribution in [3.8, 4) is 0 Å². The van der Waals surface area contributed by atoms with Crippen LogP contribution >= 0.6 is 0 Å². The molecule has 0 saturated carbocycles. The zero-order valence-electron chi connectivity index (χ0n) is 9.77. The minimum absolute atomic E-state index is 0.198. The SMILES string of the molecule is CCOC(=O)NN=C(C)C(=O)c1ccccc1. The van der Waals surface area contributed by atoms with E-state index in [4.69, 9.17) is 0 Å². The van der Waals surface area contributed by atoms with E-state index < -0.39 is 6.09 Å². The standard InChI is InChI=1S/C12H14N2O3/c1-3-17-12(16)14-13-9(2)11(15)10-7-5-4-6-8-10/h4-8H,3H2,1-2H3,(H,14,16). The lowest BCUT2D eigenvalue weighted by atomic mass is 10.1. The number of ether oxygens (including phenoxy) is 1. The van der Waals surface area contributed by atoms with Gasteiger partial charge in [0, 0.05) is 5.56 Å². The molecule has 1 aromatic carbocycles. The second kappa shape index (κ2) is 6.42. The van der Waals surface area contributed by atoms with Crippen LogP contribution in [0.3, 0.4) is 0 Å². The molecule has 0 saturated heterocycles. The van der Waals surface area contributed by atoms with Crippen molar-refractivity contribution in [2.75, 3.05) is 6.61 Å². The molecule has 0 aliphatic heterocycles. The van der Waals surface area contributed by atoms with Gasteiger partial charge >= 0.3 is 6.09 Å². The molecule has 0 aromatic heterocycles. The first-order valence-electron chi connectivity index (χ1n) is 5.22. The molecule has 1 rings (SSSR count). The van der Waals surface area contributed by atoms with E-state index in [9.17, 15) is 9.59 Å².